The number of anilines is 1. The van der Waals surface area contributed by atoms with Gasteiger partial charge in [-0.25, -0.2) is 17.5 Å². The van der Waals surface area contributed by atoms with E-state index in [9.17, 15) is 17.9 Å². The molecule has 0 fully saturated rings. The molecule has 0 spiro atoms. The predicted octanol–water partition coefficient (Wildman–Crippen LogP) is 1.42. The molecule has 21 heavy (non-hydrogen) atoms. The summed E-state index contributed by atoms with van der Waals surface area (Å²) in [7, 11) is -3.92. The van der Waals surface area contributed by atoms with Gasteiger partial charge in [0, 0.05) is 0 Å². The third-order valence-corrected chi connectivity index (χ3v) is 4.43. The Bertz CT molecular complexity index is 720. The normalized spacial score (nSPS) is 13.0. The van der Waals surface area contributed by atoms with Crippen molar-refractivity contribution in [3.63, 3.8) is 0 Å². The number of aliphatic hydroxyl groups excluding tert-OH is 1. The van der Waals surface area contributed by atoms with Crippen LogP contribution in [0.1, 0.15) is 11.6 Å². The molecule has 2 aromatic rings. The average molecular weight is 310 g/mol. The van der Waals surface area contributed by atoms with E-state index >= 15 is 0 Å². The minimum absolute atomic E-state index is 0.157. The minimum Gasteiger partial charge on any atom is -0.396 e. The topological polar surface area (TPSA) is 92.4 Å². The van der Waals surface area contributed by atoms with Crippen molar-refractivity contribution < 1.29 is 17.9 Å². The van der Waals surface area contributed by atoms with Crippen LogP contribution in [0.25, 0.3) is 0 Å². The van der Waals surface area contributed by atoms with E-state index in [-0.39, 0.29) is 10.6 Å². The molecule has 5 nitrogen and oxygen atoms in total. The molecule has 0 aromatic heterocycles. The van der Waals surface area contributed by atoms with Crippen LogP contribution in [0.2, 0.25) is 0 Å². The summed E-state index contributed by atoms with van der Waals surface area (Å²) in [4.78, 5) is -0.157. The Morgan fingerprint density at radius 2 is 1.86 bits per heavy atom. The highest BCUT2D eigenvalue weighted by atomic mass is 32.2. The van der Waals surface area contributed by atoms with Crippen molar-refractivity contribution in [3.8, 4) is 0 Å². The largest absolute Gasteiger partial charge is 0.396 e. The van der Waals surface area contributed by atoms with E-state index in [1.54, 1.807) is 30.3 Å². The third-order valence-electron chi connectivity index (χ3n) is 2.96. The van der Waals surface area contributed by atoms with Gasteiger partial charge in [-0.3, -0.25) is 0 Å². The fourth-order valence-electron chi connectivity index (χ4n) is 1.84. The summed E-state index contributed by atoms with van der Waals surface area (Å²) >= 11 is 0. The highest BCUT2D eigenvalue weighted by Crippen LogP contribution is 2.20. The lowest BCUT2D eigenvalue weighted by atomic mass is 10.1. The van der Waals surface area contributed by atoms with E-state index in [1.807, 2.05) is 0 Å². The Morgan fingerprint density at radius 1 is 1.19 bits per heavy atom. The lowest BCUT2D eigenvalue weighted by Gasteiger charge is -2.17. The Labute approximate surface area is 122 Å². The van der Waals surface area contributed by atoms with E-state index in [2.05, 4.69) is 4.72 Å². The Morgan fingerprint density at radius 3 is 2.43 bits per heavy atom. The maximum atomic E-state index is 13.1. The molecule has 0 aliphatic carbocycles. The molecule has 0 saturated heterocycles. The summed E-state index contributed by atoms with van der Waals surface area (Å²) in [6, 6.07) is 11.0. The molecule has 0 radical (unpaired) electrons. The van der Waals surface area contributed by atoms with Crippen LogP contribution >= 0.6 is 0 Å². The predicted molar refractivity (Wildman–Crippen MR) is 77.4 cm³/mol. The number of halogens is 1. The molecular formula is C14H15FN2O3S. The molecule has 1 atom stereocenters. The van der Waals surface area contributed by atoms with Gasteiger partial charge in [0.25, 0.3) is 0 Å². The summed E-state index contributed by atoms with van der Waals surface area (Å²) in [6.07, 6.45) is 0. The lowest BCUT2D eigenvalue weighted by Crippen LogP contribution is -2.31. The molecule has 0 aliphatic rings. The third kappa shape index (κ3) is 3.57. The van der Waals surface area contributed by atoms with Crippen LogP contribution in [0, 0.1) is 5.82 Å². The van der Waals surface area contributed by atoms with Crippen LogP contribution in [-0.4, -0.2) is 20.1 Å². The van der Waals surface area contributed by atoms with Crippen LogP contribution in [0.5, 0.6) is 0 Å². The number of benzene rings is 2. The van der Waals surface area contributed by atoms with Crippen molar-refractivity contribution in [2.75, 3.05) is 12.3 Å². The number of nitrogens with one attached hydrogen (secondary N) is 1. The van der Waals surface area contributed by atoms with Gasteiger partial charge < -0.3 is 10.8 Å². The molecule has 0 heterocycles. The van der Waals surface area contributed by atoms with Crippen molar-refractivity contribution in [1.29, 1.82) is 0 Å². The standard InChI is InChI=1S/C14H15FN2O3S/c15-12-7-6-11(8-13(12)16)21(19,20)17-14(9-18)10-4-2-1-3-5-10/h1-8,14,17-18H,9,16H2/t14-/m1/s1. The number of nitrogens with two attached hydrogens (primary N) is 1. The Hall–Kier alpha value is -1.96. The summed E-state index contributed by atoms with van der Waals surface area (Å²) in [5, 5.41) is 9.38. The number of sulfonamides is 1. The molecular weight excluding hydrogens is 295 g/mol. The Balaban J connectivity index is 2.29. The van der Waals surface area contributed by atoms with Crippen molar-refractivity contribution >= 4 is 15.7 Å². The first-order valence-electron chi connectivity index (χ1n) is 6.17. The van der Waals surface area contributed by atoms with E-state index < -0.39 is 28.5 Å². The van der Waals surface area contributed by atoms with Crippen LogP contribution in [0.15, 0.2) is 53.4 Å². The molecule has 2 rings (SSSR count). The monoisotopic (exact) mass is 310 g/mol. The number of nitrogen functional groups attached to an aromatic ring is 1. The molecule has 0 unspecified atom stereocenters. The molecule has 0 saturated carbocycles. The molecule has 0 bridgehead atoms. The second kappa shape index (κ2) is 6.21. The SMILES string of the molecule is Nc1cc(S(=O)(=O)N[C@H](CO)c2ccccc2)ccc1F. The number of hydrogen-bond acceptors (Lipinski definition) is 4. The first-order chi connectivity index (χ1) is 9.94. The molecule has 2 aromatic carbocycles. The van der Waals surface area contributed by atoms with Gasteiger partial charge in [0.2, 0.25) is 10.0 Å². The highest BCUT2D eigenvalue weighted by molar-refractivity contribution is 7.89. The summed E-state index contributed by atoms with van der Waals surface area (Å²) < 4.78 is 39.9. The number of rotatable bonds is 5. The number of hydrogen-bond donors (Lipinski definition) is 3. The molecule has 0 aliphatic heterocycles. The van der Waals surface area contributed by atoms with Gasteiger partial charge in [0.05, 0.1) is 23.2 Å². The zero-order valence-electron chi connectivity index (χ0n) is 11.0. The quantitative estimate of drug-likeness (QED) is 0.728. The number of aliphatic hydroxyl groups is 1. The van der Waals surface area contributed by atoms with Crippen molar-refractivity contribution in [3.05, 3.63) is 59.9 Å². The minimum atomic E-state index is -3.92. The lowest BCUT2D eigenvalue weighted by molar-refractivity contribution is 0.259. The fraction of sp³-hybridized carbons (Fsp3) is 0.143. The zero-order valence-corrected chi connectivity index (χ0v) is 11.8. The van der Waals surface area contributed by atoms with E-state index in [0.29, 0.717) is 5.56 Å². The first kappa shape index (κ1) is 15.4. The first-order valence-corrected chi connectivity index (χ1v) is 7.65. The molecule has 112 valence electrons. The van der Waals surface area contributed by atoms with Crippen LogP contribution in [0.4, 0.5) is 10.1 Å². The van der Waals surface area contributed by atoms with Crippen molar-refractivity contribution in [2.45, 2.75) is 10.9 Å². The van der Waals surface area contributed by atoms with Gasteiger partial charge in [0.15, 0.2) is 0 Å². The van der Waals surface area contributed by atoms with Gasteiger partial charge in [-0.2, -0.15) is 0 Å². The second-order valence-electron chi connectivity index (χ2n) is 4.45. The Kier molecular flexibility index (Phi) is 4.56. The van der Waals surface area contributed by atoms with E-state index in [0.717, 1.165) is 18.2 Å². The van der Waals surface area contributed by atoms with Gasteiger partial charge >= 0.3 is 0 Å². The van der Waals surface area contributed by atoms with E-state index in [1.165, 1.54) is 0 Å². The highest BCUT2D eigenvalue weighted by Gasteiger charge is 2.21. The smallest absolute Gasteiger partial charge is 0.241 e. The van der Waals surface area contributed by atoms with Crippen molar-refractivity contribution in [1.82, 2.24) is 4.72 Å². The maximum Gasteiger partial charge on any atom is 0.241 e. The molecule has 7 heteroatoms. The van der Waals surface area contributed by atoms with Crippen molar-refractivity contribution in [2.24, 2.45) is 0 Å². The fourth-order valence-corrected chi connectivity index (χ4v) is 3.09. The maximum absolute atomic E-state index is 13.1. The van der Waals surface area contributed by atoms with Crippen LogP contribution in [0.3, 0.4) is 0 Å². The molecule has 4 N–H and O–H groups in total. The van der Waals surface area contributed by atoms with Gasteiger partial charge in [-0.15, -0.1) is 0 Å². The molecule has 0 amide bonds. The van der Waals surface area contributed by atoms with Gasteiger partial charge in [-0.05, 0) is 23.8 Å². The van der Waals surface area contributed by atoms with Crippen LogP contribution in [-0.2, 0) is 10.0 Å². The van der Waals surface area contributed by atoms with Crippen LogP contribution < -0.4 is 10.5 Å². The van der Waals surface area contributed by atoms with E-state index in [4.69, 9.17) is 5.73 Å². The zero-order chi connectivity index (χ0) is 15.5. The second-order valence-corrected chi connectivity index (χ2v) is 6.16. The summed E-state index contributed by atoms with van der Waals surface area (Å²) in [6.45, 7) is -0.403. The van der Waals surface area contributed by atoms with Gasteiger partial charge in [0.1, 0.15) is 5.82 Å². The summed E-state index contributed by atoms with van der Waals surface area (Å²) in [5.41, 5.74) is 5.75. The average Bonchev–Trinajstić information content (AvgIpc) is 2.48. The summed E-state index contributed by atoms with van der Waals surface area (Å²) in [5.74, 6) is -0.685. The van der Waals surface area contributed by atoms with Gasteiger partial charge in [-0.1, -0.05) is 30.3 Å².